The van der Waals surface area contributed by atoms with Crippen LogP contribution in [0.5, 0.6) is 0 Å². The van der Waals surface area contributed by atoms with Gasteiger partial charge in [0.2, 0.25) is 0 Å². The molecule has 3 N–H and O–H groups in total. The van der Waals surface area contributed by atoms with E-state index in [-0.39, 0.29) is 17.3 Å². The summed E-state index contributed by atoms with van der Waals surface area (Å²) >= 11 is 0. The van der Waals surface area contributed by atoms with Crippen LogP contribution >= 0.6 is 0 Å². The Morgan fingerprint density at radius 2 is 1.79 bits per heavy atom. The first kappa shape index (κ1) is 12.8. The Bertz CT molecular complexity index is 665. The van der Waals surface area contributed by atoms with Crippen molar-refractivity contribution in [1.29, 1.82) is 0 Å². The van der Waals surface area contributed by atoms with E-state index in [9.17, 15) is 14.7 Å². The molecule has 2 rings (SSSR count). The summed E-state index contributed by atoms with van der Waals surface area (Å²) in [6.45, 7) is 1.43. The number of pyridine rings is 1. The molecule has 0 spiro atoms. The fraction of sp³-hybridized carbons (Fsp3) is 0.0714. The number of carboxylic acid groups (broad SMARTS) is 1. The molecular formula is C14H12N2O3. The molecule has 19 heavy (non-hydrogen) atoms. The number of hydrogen-bond acceptors (Lipinski definition) is 4. The first-order valence-electron chi connectivity index (χ1n) is 5.61. The minimum Gasteiger partial charge on any atom is -0.476 e. The molecule has 0 aliphatic heterocycles. The molecule has 1 aromatic carbocycles. The van der Waals surface area contributed by atoms with Gasteiger partial charge in [-0.2, -0.15) is 0 Å². The Hall–Kier alpha value is -2.69. The Morgan fingerprint density at radius 3 is 2.42 bits per heavy atom. The van der Waals surface area contributed by atoms with Crippen LogP contribution in [0.25, 0.3) is 11.1 Å². The zero-order chi connectivity index (χ0) is 14.0. The van der Waals surface area contributed by atoms with Crippen molar-refractivity contribution in [3.05, 3.63) is 47.7 Å². The number of hydrogen-bond donors (Lipinski definition) is 2. The van der Waals surface area contributed by atoms with Gasteiger partial charge in [-0.1, -0.05) is 24.3 Å². The summed E-state index contributed by atoms with van der Waals surface area (Å²) in [6, 6.07) is 9.89. The third-order valence-corrected chi connectivity index (χ3v) is 2.72. The van der Waals surface area contributed by atoms with Crippen molar-refractivity contribution in [3.63, 3.8) is 0 Å². The van der Waals surface area contributed by atoms with Gasteiger partial charge in [0.15, 0.2) is 11.5 Å². The van der Waals surface area contributed by atoms with Crippen LogP contribution in [0.2, 0.25) is 0 Å². The van der Waals surface area contributed by atoms with Crippen molar-refractivity contribution in [2.45, 2.75) is 6.92 Å². The van der Waals surface area contributed by atoms with Gasteiger partial charge < -0.3 is 10.8 Å². The van der Waals surface area contributed by atoms with Crippen LogP contribution in [0, 0.1) is 0 Å². The third-order valence-electron chi connectivity index (χ3n) is 2.72. The molecular weight excluding hydrogens is 244 g/mol. The Kier molecular flexibility index (Phi) is 3.29. The van der Waals surface area contributed by atoms with Crippen LogP contribution < -0.4 is 5.73 Å². The van der Waals surface area contributed by atoms with E-state index in [0.29, 0.717) is 16.7 Å². The van der Waals surface area contributed by atoms with E-state index in [0.717, 1.165) is 0 Å². The number of rotatable bonds is 3. The molecule has 0 amide bonds. The number of carbonyl (C=O) groups excluding carboxylic acids is 1. The molecule has 2 aromatic rings. The van der Waals surface area contributed by atoms with Gasteiger partial charge in [0, 0.05) is 11.1 Å². The number of Topliss-reactive ketones (excluding diaryl/α,β-unsaturated/α-hetero) is 1. The first-order chi connectivity index (χ1) is 9.00. The summed E-state index contributed by atoms with van der Waals surface area (Å²) in [5, 5.41) is 9.18. The highest BCUT2D eigenvalue weighted by atomic mass is 16.4. The molecule has 0 unspecified atom stereocenters. The van der Waals surface area contributed by atoms with Crippen molar-refractivity contribution >= 4 is 17.6 Å². The highest BCUT2D eigenvalue weighted by Crippen LogP contribution is 2.27. The molecule has 0 atom stereocenters. The van der Waals surface area contributed by atoms with E-state index in [1.165, 1.54) is 13.0 Å². The molecule has 5 heteroatoms. The lowest BCUT2D eigenvalue weighted by Gasteiger charge is -2.09. The van der Waals surface area contributed by atoms with Crippen LogP contribution in [0.1, 0.15) is 27.8 Å². The second-order valence-electron chi connectivity index (χ2n) is 4.04. The number of nitrogen functional groups attached to an aromatic ring is 1. The number of anilines is 1. The minimum atomic E-state index is -1.18. The van der Waals surface area contributed by atoms with Gasteiger partial charge in [-0.25, -0.2) is 9.78 Å². The summed E-state index contributed by atoms with van der Waals surface area (Å²) in [4.78, 5) is 26.6. The number of carbonyl (C=O) groups is 2. The molecule has 0 saturated heterocycles. The van der Waals surface area contributed by atoms with Crippen LogP contribution in [0.4, 0.5) is 5.82 Å². The number of carboxylic acids is 1. The van der Waals surface area contributed by atoms with E-state index < -0.39 is 5.97 Å². The number of aromatic nitrogens is 1. The largest absolute Gasteiger partial charge is 0.476 e. The molecule has 0 fully saturated rings. The molecule has 0 saturated carbocycles. The fourth-order valence-electron chi connectivity index (χ4n) is 1.88. The Morgan fingerprint density at radius 1 is 1.11 bits per heavy atom. The van der Waals surface area contributed by atoms with Crippen molar-refractivity contribution in [3.8, 4) is 11.1 Å². The van der Waals surface area contributed by atoms with E-state index in [2.05, 4.69) is 4.98 Å². The maximum atomic E-state index is 11.6. The monoisotopic (exact) mass is 256 g/mol. The van der Waals surface area contributed by atoms with E-state index in [4.69, 9.17) is 5.73 Å². The normalized spacial score (nSPS) is 10.2. The average molecular weight is 256 g/mol. The Labute approximate surface area is 109 Å². The molecule has 0 bridgehead atoms. The summed E-state index contributed by atoms with van der Waals surface area (Å²) in [7, 11) is 0. The molecule has 1 aromatic heterocycles. The summed E-state index contributed by atoms with van der Waals surface area (Å²) in [6.07, 6.45) is 0. The summed E-state index contributed by atoms with van der Waals surface area (Å²) in [5.74, 6) is -1.19. The SMILES string of the molecule is CC(=O)c1ccccc1-c1ccc(N)nc1C(=O)O. The van der Waals surface area contributed by atoms with Crippen LogP contribution in [0.15, 0.2) is 36.4 Å². The minimum absolute atomic E-state index is 0.126. The molecule has 96 valence electrons. The van der Waals surface area contributed by atoms with Crippen LogP contribution in [0.3, 0.4) is 0 Å². The fourth-order valence-corrected chi connectivity index (χ4v) is 1.88. The quantitative estimate of drug-likeness (QED) is 0.821. The maximum Gasteiger partial charge on any atom is 0.355 e. The second-order valence-corrected chi connectivity index (χ2v) is 4.04. The second kappa shape index (κ2) is 4.89. The molecule has 0 aliphatic rings. The summed E-state index contributed by atoms with van der Waals surface area (Å²) < 4.78 is 0. The predicted molar refractivity (Wildman–Crippen MR) is 71.0 cm³/mol. The lowest BCUT2D eigenvalue weighted by atomic mass is 9.96. The van der Waals surface area contributed by atoms with E-state index >= 15 is 0 Å². The van der Waals surface area contributed by atoms with Crippen molar-refractivity contribution < 1.29 is 14.7 Å². The number of benzene rings is 1. The zero-order valence-corrected chi connectivity index (χ0v) is 10.3. The van der Waals surface area contributed by atoms with Gasteiger partial charge >= 0.3 is 5.97 Å². The van der Waals surface area contributed by atoms with E-state index in [1.807, 2.05) is 0 Å². The van der Waals surface area contributed by atoms with Gasteiger partial charge in [-0.15, -0.1) is 0 Å². The van der Waals surface area contributed by atoms with Crippen molar-refractivity contribution in [2.24, 2.45) is 0 Å². The standard InChI is InChI=1S/C14H12N2O3/c1-8(17)9-4-2-3-5-10(9)11-6-7-12(15)16-13(11)14(18)19/h2-7H,1H3,(H2,15,16)(H,18,19). The van der Waals surface area contributed by atoms with Crippen LogP contribution in [-0.4, -0.2) is 21.8 Å². The molecule has 0 aliphatic carbocycles. The number of ketones is 1. The predicted octanol–water partition coefficient (Wildman–Crippen LogP) is 2.23. The van der Waals surface area contributed by atoms with E-state index in [1.54, 1.807) is 30.3 Å². The third kappa shape index (κ3) is 2.44. The van der Waals surface area contributed by atoms with Crippen LogP contribution in [-0.2, 0) is 0 Å². The highest BCUT2D eigenvalue weighted by molar-refractivity contribution is 6.04. The van der Waals surface area contributed by atoms with Gasteiger partial charge in [0.05, 0.1) is 0 Å². The van der Waals surface area contributed by atoms with Crippen molar-refractivity contribution in [2.75, 3.05) is 5.73 Å². The molecule has 5 nitrogen and oxygen atoms in total. The van der Waals surface area contributed by atoms with Gasteiger partial charge in [-0.3, -0.25) is 4.79 Å². The molecule has 0 radical (unpaired) electrons. The average Bonchev–Trinajstić information content (AvgIpc) is 2.38. The number of nitrogens with zero attached hydrogens (tertiary/aromatic N) is 1. The first-order valence-corrected chi connectivity index (χ1v) is 5.61. The van der Waals surface area contributed by atoms with Crippen molar-refractivity contribution in [1.82, 2.24) is 4.98 Å². The topological polar surface area (TPSA) is 93.3 Å². The lowest BCUT2D eigenvalue weighted by Crippen LogP contribution is -2.07. The van der Waals surface area contributed by atoms with Gasteiger partial charge in [0.1, 0.15) is 5.82 Å². The Balaban J connectivity index is 2.72. The number of nitrogens with two attached hydrogens (primary N) is 1. The number of aromatic carboxylic acids is 1. The zero-order valence-electron chi connectivity index (χ0n) is 10.3. The molecule has 1 heterocycles. The maximum absolute atomic E-state index is 11.6. The highest BCUT2D eigenvalue weighted by Gasteiger charge is 2.17. The lowest BCUT2D eigenvalue weighted by molar-refractivity contribution is 0.0691. The smallest absolute Gasteiger partial charge is 0.355 e. The van der Waals surface area contributed by atoms with Gasteiger partial charge in [-0.05, 0) is 24.6 Å². The summed E-state index contributed by atoms with van der Waals surface area (Å²) in [5.41, 5.74) is 6.72. The van der Waals surface area contributed by atoms with Gasteiger partial charge in [0.25, 0.3) is 0 Å².